The summed E-state index contributed by atoms with van der Waals surface area (Å²) in [6, 6.07) is 31.8. The Morgan fingerprint density at radius 2 is 0.750 bits per heavy atom. The van der Waals surface area contributed by atoms with E-state index in [2.05, 4.69) is 104 Å². The molecule has 3 aromatic carbocycles. The van der Waals surface area contributed by atoms with Crippen LogP contribution in [0.1, 0.15) is 117 Å². The molecular weight excluding hydrogens is 501 g/mol. The third-order valence-corrected chi connectivity index (χ3v) is 10.5. The largest absolute Gasteiger partial charge is 0.372 e. The quantitative estimate of drug-likeness (QED) is 0.0877. The minimum Gasteiger partial charge on any atom is -0.372 e. The number of rotatable bonds is 22. The van der Waals surface area contributed by atoms with Crippen molar-refractivity contribution in [3.8, 4) is 0 Å². The van der Waals surface area contributed by atoms with Crippen molar-refractivity contribution in [2.45, 2.75) is 117 Å². The molecule has 0 aliphatic heterocycles. The van der Waals surface area contributed by atoms with E-state index in [4.69, 9.17) is 0 Å². The van der Waals surface area contributed by atoms with Gasteiger partial charge in [0.2, 0.25) is 0 Å². The van der Waals surface area contributed by atoms with E-state index in [0.29, 0.717) is 0 Å². The molecule has 0 aliphatic carbocycles. The predicted molar refractivity (Wildman–Crippen MR) is 183 cm³/mol. The van der Waals surface area contributed by atoms with Crippen molar-refractivity contribution in [3.63, 3.8) is 0 Å². The zero-order valence-corrected chi connectivity index (χ0v) is 26.6. The van der Waals surface area contributed by atoms with Crippen LogP contribution in [0, 0.1) is 0 Å². The van der Waals surface area contributed by atoms with Gasteiger partial charge in [0.25, 0.3) is 0 Å². The van der Waals surface area contributed by atoms with Gasteiger partial charge in [0.1, 0.15) is 0 Å². The van der Waals surface area contributed by atoms with E-state index in [1.165, 1.54) is 137 Å². The number of unbranched alkanes of at least 4 members (excludes halogenated alkanes) is 14. The summed E-state index contributed by atoms with van der Waals surface area (Å²) in [5.41, 5.74) is 1.41. The Labute approximate surface area is 248 Å². The van der Waals surface area contributed by atoms with Crippen LogP contribution in [0.3, 0.4) is 0 Å². The highest BCUT2D eigenvalue weighted by Gasteiger charge is 2.16. The number of nitrogens with zero attached hydrogens (tertiary/aromatic N) is 1. The van der Waals surface area contributed by atoms with Gasteiger partial charge < -0.3 is 4.90 Å². The molecule has 2 heteroatoms. The van der Waals surface area contributed by atoms with E-state index >= 15 is 0 Å². The van der Waals surface area contributed by atoms with Crippen LogP contribution in [-0.2, 0) is 0 Å². The maximum absolute atomic E-state index is 2.69. The second kappa shape index (κ2) is 20.7. The van der Waals surface area contributed by atoms with Crippen LogP contribution in [0.2, 0.25) is 0 Å². The summed E-state index contributed by atoms with van der Waals surface area (Å²) >= 11 is 0. The minimum absolute atomic E-state index is 0.541. The Kier molecular flexibility index (Phi) is 16.8. The van der Waals surface area contributed by atoms with Crippen LogP contribution >= 0.6 is 7.92 Å². The van der Waals surface area contributed by atoms with Gasteiger partial charge >= 0.3 is 0 Å². The standard InChI is InChI=1S/C38H56NP/c1-3-5-7-9-11-13-15-23-33-39(34-24-16-14-12-10-8-6-4-2)35-29-31-38(32-30-35)40(36-25-19-17-20-26-36)37-27-21-18-22-28-37/h17-22,25-32H,3-16,23-24,33-34H2,1-2H3. The third kappa shape index (κ3) is 12.2. The molecule has 1 nitrogen and oxygen atoms in total. The molecule has 0 aromatic heterocycles. The van der Waals surface area contributed by atoms with Gasteiger partial charge in [-0.15, -0.1) is 0 Å². The molecular formula is C38H56NP. The SMILES string of the molecule is CCCCCCCCCCN(CCCCCCCCCC)c1ccc(P(c2ccccc2)c2ccccc2)cc1. The molecule has 0 aliphatic rings. The number of anilines is 1. The lowest BCUT2D eigenvalue weighted by Crippen LogP contribution is -2.26. The fourth-order valence-electron chi connectivity index (χ4n) is 5.66. The van der Waals surface area contributed by atoms with Crippen LogP contribution in [-0.4, -0.2) is 13.1 Å². The lowest BCUT2D eigenvalue weighted by Gasteiger charge is -2.26. The highest BCUT2D eigenvalue weighted by Crippen LogP contribution is 2.33. The molecule has 0 spiro atoms. The Morgan fingerprint density at radius 1 is 0.400 bits per heavy atom. The first-order chi connectivity index (χ1) is 19.8. The first kappa shape index (κ1) is 32.4. The molecule has 0 radical (unpaired) electrons. The fourth-order valence-corrected chi connectivity index (χ4v) is 7.94. The lowest BCUT2D eigenvalue weighted by atomic mass is 10.1. The summed E-state index contributed by atoms with van der Waals surface area (Å²) in [6.07, 6.45) is 22.1. The predicted octanol–water partition coefficient (Wildman–Crippen LogP) is 10.5. The van der Waals surface area contributed by atoms with Gasteiger partial charge in [-0.2, -0.15) is 0 Å². The fraction of sp³-hybridized carbons (Fsp3) is 0.526. The van der Waals surface area contributed by atoms with Gasteiger partial charge in [-0.25, -0.2) is 0 Å². The van der Waals surface area contributed by atoms with Crippen LogP contribution in [0.25, 0.3) is 0 Å². The van der Waals surface area contributed by atoms with Gasteiger partial charge in [-0.1, -0.05) is 177 Å². The summed E-state index contributed by atoms with van der Waals surface area (Å²) < 4.78 is 0. The molecule has 0 N–H and O–H groups in total. The average molecular weight is 558 g/mol. The van der Waals surface area contributed by atoms with Gasteiger partial charge in [0.05, 0.1) is 0 Å². The normalized spacial score (nSPS) is 11.3. The van der Waals surface area contributed by atoms with Gasteiger partial charge in [0.15, 0.2) is 0 Å². The molecule has 40 heavy (non-hydrogen) atoms. The summed E-state index contributed by atoms with van der Waals surface area (Å²) in [6.45, 7) is 6.99. The summed E-state index contributed by atoms with van der Waals surface area (Å²) in [5.74, 6) is 0. The highest BCUT2D eigenvalue weighted by atomic mass is 31.1. The molecule has 0 amide bonds. The van der Waals surface area contributed by atoms with Crippen molar-refractivity contribution in [3.05, 3.63) is 84.9 Å². The molecule has 3 aromatic rings. The number of hydrogen-bond acceptors (Lipinski definition) is 1. The van der Waals surface area contributed by atoms with E-state index in [1.54, 1.807) is 0 Å². The lowest BCUT2D eigenvalue weighted by molar-refractivity contribution is 0.555. The first-order valence-corrected chi connectivity index (χ1v) is 17.9. The number of hydrogen-bond donors (Lipinski definition) is 0. The summed E-state index contributed by atoms with van der Waals surface area (Å²) in [4.78, 5) is 2.69. The van der Waals surface area contributed by atoms with Crippen LogP contribution in [0.15, 0.2) is 84.9 Å². The van der Waals surface area contributed by atoms with Crippen LogP contribution < -0.4 is 20.8 Å². The molecule has 0 bridgehead atoms. The zero-order chi connectivity index (χ0) is 28.1. The molecule has 0 unspecified atom stereocenters. The van der Waals surface area contributed by atoms with E-state index in [-0.39, 0.29) is 0 Å². The second-order valence-electron chi connectivity index (χ2n) is 11.5. The molecule has 218 valence electrons. The Balaban J connectivity index is 1.61. The van der Waals surface area contributed by atoms with E-state index in [1.807, 2.05) is 0 Å². The number of benzene rings is 3. The Bertz CT molecular complexity index is 926. The maximum atomic E-state index is 2.69. The molecule has 0 atom stereocenters. The van der Waals surface area contributed by atoms with E-state index < -0.39 is 7.92 Å². The minimum atomic E-state index is -0.541. The zero-order valence-electron chi connectivity index (χ0n) is 25.7. The Morgan fingerprint density at radius 3 is 1.15 bits per heavy atom. The molecule has 0 saturated heterocycles. The molecule has 0 heterocycles. The van der Waals surface area contributed by atoms with Gasteiger partial charge in [-0.3, -0.25) is 0 Å². The van der Waals surface area contributed by atoms with E-state index in [0.717, 1.165) is 0 Å². The van der Waals surface area contributed by atoms with Crippen molar-refractivity contribution < 1.29 is 0 Å². The van der Waals surface area contributed by atoms with Crippen molar-refractivity contribution in [2.75, 3.05) is 18.0 Å². The summed E-state index contributed by atoms with van der Waals surface area (Å²) in [7, 11) is -0.541. The van der Waals surface area contributed by atoms with Crippen LogP contribution in [0.4, 0.5) is 5.69 Å². The Hall–Kier alpha value is -2.11. The van der Waals surface area contributed by atoms with Crippen molar-refractivity contribution in [1.29, 1.82) is 0 Å². The average Bonchev–Trinajstić information content (AvgIpc) is 3.00. The van der Waals surface area contributed by atoms with Crippen molar-refractivity contribution in [1.82, 2.24) is 0 Å². The van der Waals surface area contributed by atoms with Crippen molar-refractivity contribution in [2.24, 2.45) is 0 Å². The molecule has 0 saturated carbocycles. The molecule has 3 rings (SSSR count). The topological polar surface area (TPSA) is 3.24 Å². The third-order valence-electron chi connectivity index (χ3n) is 8.07. The monoisotopic (exact) mass is 557 g/mol. The highest BCUT2D eigenvalue weighted by molar-refractivity contribution is 7.79. The summed E-state index contributed by atoms with van der Waals surface area (Å²) in [5, 5.41) is 4.28. The van der Waals surface area contributed by atoms with Gasteiger partial charge in [0, 0.05) is 18.8 Å². The first-order valence-electron chi connectivity index (χ1n) is 16.6. The van der Waals surface area contributed by atoms with Crippen LogP contribution in [0.5, 0.6) is 0 Å². The van der Waals surface area contributed by atoms with E-state index in [9.17, 15) is 0 Å². The maximum Gasteiger partial charge on any atom is 0.0366 e. The van der Waals surface area contributed by atoms with Crippen molar-refractivity contribution >= 4 is 29.5 Å². The molecule has 0 fully saturated rings. The second-order valence-corrected chi connectivity index (χ2v) is 13.7. The smallest absolute Gasteiger partial charge is 0.0366 e. The van der Waals surface area contributed by atoms with Gasteiger partial charge in [-0.05, 0) is 48.8 Å².